The molecule has 0 atom stereocenters. The van der Waals surface area contributed by atoms with Crippen LogP contribution in [0.5, 0.6) is 0 Å². The highest BCUT2D eigenvalue weighted by molar-refractivity contribution is 7.14. The van der Waals surface area contributed by atoms with E-state index in [0.29, 0.717) is 6.54 Å². The minimum Gasteiger partial charge on any atom is -0.442 e. The van der Waals surface area contributed by atoms with E-state index in [-0.39, 0.29) is 0 Å². The average molecular weight is 285 g/mol. The van der Waals surface area contributed by atoms with E-state index in [0.717, 1.165) is 40.5 Å². The lowest BCUT2D eigenvalue weighted by Crippen LogP contribution is -2.03. The molecular formula is C15H15N3OS. The molecule has 0 aliphatic heterocycles. The van der Waals surface area contributed by atoms with Crippen molar-refractivity contribution < 1.29 is 4.42 Å². The van der Waals surface area contributed by atoms with Crippen molar-refractivity contribution in [3.8, 4) is 0 Å². The van der Waals surface area contributed by atoms with Gasteiger partial charge in [0.25, 0.3) is 0 Å². The number of rotatable bonds is 3. The lowest BCUT2D eigenvalue weighted by molar-refractivity contribution is 0.499. The Balaban J connectivity index is 1.62. The highest BCUT2D eigenvalue weighted by Crippen LogP contribution is 2.30. The monoisotopic (exact) mass is 285 g/mol. The Morgan fingerprint density at radius 3 is 3.15 bits per heavy atom. The number of furan rings is 1. The van der Waals surface area contributed by atoms with Crippen LogP contribution in [0.3, 0.4) is 0 Å². The largest absolute Gasteiger partial charge is 0.442 e. The van der Waals surface area contributed by atoms with Crippen molar-refractivity contribution in [3.63, 3.8) is 0 Å². The van der Waals surface area contributed by atoms with Gasteiger partial charge in [-0.25, -0.2) is 4.98 Å². The minimum absolute atomic E-state index is 0.627. The van der Waals surface area contributed by atoms with Gasteiger partial charge in [0.1, 0.15) is 5.76 Å². The number of hydrogen-bond donors (Lipinski definition) is 1. The number of nitrogens with one attached hydrogen (secondary N) is 1. The topological polar surface area (TPSA) is 51.0 Å². The van der Waals surface area contributed by atoms with E-state index in [2.05, 4.69) is 21.4 Å². The summed E-state index contributed by atoms with van der Waals surface area (Å²) in [5.74, 6) is 1.89. The second kappa shape index (κ2) is 4.90. The lowest BCUT2D eigenvalue weighted by Gasteiger charge is -2.07. The summed E-state index contributed by atoms with van der Waals surface area (Å²) in [5.41, 5.74) is 2.07. The second-order valence-electron chi connectivity index (χ2n) is 5.05. The normalized spacial score (nSPS) is 14.4. The molecule has 102 valence electrons. The van der Waals surface area contributed by atoms with Crippen LogP contribution >= 0.6 is 11.3 Å². The van der Waals surface area contributed by atoms with Crippen molar-refractivity contribution in [2.24, 2.45) is 0 Å². The minimum atomic E-state index is 0.627. The molecule has 1 aliphatic carbocycles. The van der Waals surface area contributed by atoms with Gasteiger partial charge in [-0.05, 0) is 36.8 Å². The van der Waals surface area contributed by atoms with Crippen molar-refractivity contribution >= 4 is 27.4 Å². The maximum Gasteiger partial charge on any atom is 0.229 e. The van der Waals surface area contributed by atoms with E-state index in [9.17, 15) is 0 Å². The average Bonchev–Trinajstić information content (AvgIpc) is 3.12. The number of hydrogen-bond acceptors (Lipinski definition) is 5. The number of aryl methyl sites for hydroxylation is 2. The molecule has 0 saturated carbocycles. The molecule has 3 aromatic heterocycles. The van der Waals surface area contributed by atoms with Crippen molar-refractivity contribution in [2.75, 3.05) is 5.32 Å². The zero-order valence-electron chi connectivity index (χ0n) is 11.1. The van der Waals surface area contributed by atoms with E-state index in [1.54, 1.807) is 11.3 Å². The number of thiophene rings is 1. The standard InChI is InChI=1S/C15H15N3OS/c1-2-5-12-10(4-1)11-8-16-13(18-15(11)19-12)9-17-14-6-3-7-20-14/h3,6-8,17H,1-2,4-5,9H2. The summed E-state index contributed by atoms with van der Waals surface area (Å²) >= 11 is 1.68. The van der Waals surface area contributed by atoms with E-state index < -0.39 is 0 Å². The van der Waals surface area contributed by atoms with Crippen LogP contribution in [-0.4, -0.2) is 9.97 Å². The van der Waals surface area contributed by atoms with Gasteiger partial charge >= 0.3 is 0 Å². The Kier molecular flexibility index (Phi) is 2.92. The molecule has 0 aromatic carbocycles. The van der Waals surface area contributed by atoms with Gasteiger partial charge < -0.3 is 9.73 Å². The maximum atomic E-state index is 5.89. The van der Waals surface area contributed by atoms with Crippen LogP contribution in [0.2, 0.25) is 0 Å². The maximum absolute atomic E-state index is 5.89. The first-order valence-corrected chi connectivity index (χ1v) is 7.81. The zero-order valence-corrected chi connectivity index (χ0v) is 11.9. The highest BCUT2D eigenvalue weighted by atomic mass is 32.1. The molecule has 0 amide bonds. The third kappa shape index (κ3) is 2.08. The summed E-state index contributed by atoms with van der Waals surface area (Å²) in [5, 5.41) is 7.60. The summed E-state index contributed by atoms with van der Waals surface area (Å²) < 4.78 is 5.89. The van der Waals surface area contributed by atoms with E-state index in [1.807, 2.05) is 17.6 Å². The summed E-state index contributed by atoms with van der Waals surface area (Å²) in [6, 6.07) is 4.08. The summed E-state index contributed by atoms with van der Waals surface area (Å²) in [4.78, 5) is 9.00. The van der Waals surface area contributed by atoms with Crippen LogP contribution in [0.4, 0.5) is 5.00 Å². The molecule has 0 fully saturated rings. The molecule has 5 heteroatoms. The Labute approximate surface area is 120 Å². The molecule has 3 aromatic rings. The predicted molar refractivity (Wildman–Crippen MR) is 80.1 cm³/mol. The molecule has 1 aliphatic rings. The molecule has 4 rings (SSSR count). The van der Waals surface area contributed by atoms with Gasteiger partial charge in [-0.3, -0.25) is 0 Å². The molecule has 20 heavy (non-hydrogen) atoms. The number of aromatic nitrogens is 2. The third-order valence-corrected chi connectivity index (χ3v) is 4.54. The molecule has 4 nitrogen and oxygen atoms in total. The Bertz CT molecular complexity index is 733. The third-order valence-electron chi connectivity index (χ3n) is 3.71. The number of fused-ring (bicyclic) bond motifs is 3. The van der Waals surface area contributed by atoms with E-state index in [4.69, 9.17) is 4.42 Å². The first kappa shape index (κ1) is 11.9. The van der Waals surface area contributed by atoms with Gasteiger partial charge in [-0.2, -0.15) is 4.98 Å². The first-order valence-electron chi connectivity index (χ1n) is 6.94. The van der Waals surface area contributed by atoms with Crippen molar-refractivity contribution in [3.05, 3.63) is 40.9 Å². The summed E-state index contributed by atoms with van der Waals surface area (Å²) in [6.07, 6.45) is 6.50. The van der Waals surface area contributed by atoms with Crippen LogP contribution < -0.4 is 5.32 Å². The summed E-state index contributed by atoms with van der Waals surface area (Å²) in [6.45, 7) is 0.627. The number of anilines is 1. The first-order chi connectivity index (χ1) is 9.90. The van der Waals surface area contributed by atoms with Gasteiger partial charge in [0, 0.05) is 18.2 Å². The van der Waals surface area contributed by atoms with E-state index >= 15 is 0 Å². The zero-order chi connectivity index (χ0) is 13.4. The lowest BCUT2D eigenvalue weighted by atomic mass is 9.97. The molecule has 0 spiro atoms. The van der Waals surface area contributed by atoms with E-state index in [1.165, 1.54) is 18.4 Å². The van der Waals surface area contributed by atoms with Crippen LogP contribution in [0.15, 0.2) is 28.1 Å². The van der Waals surface area contributed by atoms with Crippen LogP contribution in [0.1, 0.15) is 30.0 Å². The second-order valence-corrected chi connectivity index (χ2v) is 5.99. The molecule has 0 saturated heterocycles. The fraction of sp³-hybridized carbons (Fsp3) is 0.333. The molecular weight excluding hydrogens is 270 g/mol. The SMILES string of the molecule is c1csc(NCc2ncc3c4c(oc3n2)CCCC4)c1. The van der Waals surface area contributed by atoms with Crippen LogP contribution in [-0.2, 0) is 19.4 Å². The van der Waals surface area contributed by atoms with Crippen molar-refractivity contribution in [2.45, 2.75) is 32.2 Å². The molecule has 0 radical (unpaired) electrons. The van der Waals surface area contributed by atoms with Gasteiger partial charge in [0.15, 0.2) is 5.82 Å². The molecule has 1 N–H and O–H groups in total. The Morgan fingerprint density at radius 1 is 1.30 bits per heavy atom. The molecule has 0 unspecified atom stereocenters. The quantitative estimate of drug-likeness (QED) is 0.795. The smallest absolute Gasteiger partial charge is 0.229 e. The molecule has 0 bridgehead atoms. The fourth-order valence-corrected chi connectivity index (χ4v) is 3.32. The fourth-order valence-electron chi connectivity index (χ4n) is 2.71. The predicted octanol–water partition coefficient (Wildman–Crippen LogP) is 3.78. The van der Waals surface area contributed by atoms with Gasteiger partial charge in [0.2, 0.25) is 5.71 Å². The van der Waals surface area contributed by atoms with Gasteiger partial charge in [0.05, 0.1) is 16.9 Å². The van der Waals surface area contributed by atoms with Crippen molar-refractivity contribution in [1.82, 2.24) is 9.97 Å². The van der Waals surface area contributed by atoms with Crippen molar-refractivity contribution in [1.29, 1.82) is 0 Å². The van der Waals surface area contributed by atoms with Gasteiger partial charge in [-0.1, -0.05) is 0 Å². The van der Waals surface area contributed by atoms with Crippen LogP contribution in [0, 0.1) is 0 Å². The van der Waals surface area contributed by atoms with Gasteiger partial charge in [-0.15, -0.1) is 11.3 Å². The summed E-state index contributed by atoms with van der Waals surface area (Å²) in [7, 11) is 0. The number of nitrogens with zero attached hydrogens (tertiary/aromatic N) is 2. The highest BCUT2D eigenvalue weighted by Gasteiger charge is 2.19. The Hall–Kier alpha value is -1.88. The van der Waals surface area contributed by atoms with Crippen LogP contribution in [0.25, 0.3) is 11.1 Å². The Morgan fingerprint density at radius 2 is 2.25 bits per heavy atom. The molecule has 3 heterocycles.